The first kappa shape index (κ1) is 16.5. The molecule has 3 fully saturated rings. The number of carbonyl (C=O) groups is 2. The molecule has 3 nitrogen and oxygen atoms in total. The van der Waals surface area contributed by atoms with Crippen molar-refractivity contribution < 1.29 is 27.2 Å². The van der Waals surface area contributed by atoms with Crippen molar-refractivity contribution in [2.75, 3.05) is 0 Å². The van der Waals surface area contributed by atoms with Gasteiger partial charge >= 0.3 is 0 Å². The van der Waals surface area contributed by atoms with Crippen LogP contribution in [0.1, 0.15) is 54.3 Å². The molecule has 0 spiro atoms. The average Bonchev–Trinajstić information content (AvgIpc) is 2.81. The van der Waals surface area contributed by atoms with Gasteiger partial charge in [-0.2, -0.15) is 0 Å². The van der Waals surface area contributed by atoms with Crippen LogP contribution in [0.15, 0.2) is 0 Å². The van der Waals surface area contributed by atoms with E-state index in [0.717, 1.165) is 11.3 Å². The fraction of sp³-hybridized carbons (Fsp3) is 0.556. The number of nitrogens with zero attached hydrogens (tertiary/aromatic N) is 1. The van der Waals surface area contributed by atoms with Crippen molar-refractivity contribution in [3.8, 4) is 0 Å². The molecule has 1 aromatic carbocycles. The summed E-state index contributed by atoms with van der Waals surface area (Å²) < 4.78 is 55.0. The van der Waals surface area contributed by atoms with Crippen molar-refractivity contribution in [2.45, 2.75) is 39.7 Å². The van der Waals surface area contributed by atoms with E-state index < -0.39 is 52.3 Å². The minimum atomic E-state index is -2.07. The Balaban J connectivity index is 1.78. The molecule has 4 atom stereocenters. The summed E-state index contributed by atoms with van der Waals surface area (Å²) in [6, 6.07) is -0.519. The van der Waals surface area contributed by atoms with Gasteiger partial charge in [-0.1, -0.05) is 20.8 Å². The predicted octanol–water partition coefficient (Wildman–Crippen LogP) is 3.91. The second kappa shape index (κ2) is 4.83. The Morgan fingerprint density at radius 3 is 1.76 bits per heavy atom. The monoisotopic (exact) mass is 355 g/mol. The third-order valence-corrected chi connectivity index (χ3v) is 6.78. The zero-order chi connectivity index (χ0) is 18.4. The SMILES string of the molecule is C[C@H]1[C@H](N2C(=O)c3c(F)c(F)c(F)c(F)c3C2=O)C[C@@H]2C[C@H]1C2(C)C. The molecule has 0 unspecified atom stereocenters. The Morgan fingerprint density at radius 2 is 1.36 bits per heavy atom. The van der Waals surface area contributed by atoms with Gasteiger partial charge < -0.3 is 0 Å². The first-order chi connectivity index (χ1) is 11.6. The van der Waals surface area contributed by atoms with Crippen LogP contribution >= 0.6 is 0 Å². The van der Waals surface area contributed by atoms with E-state index in [0.29, 0.717) is 12.3 Å². The topological polar surface area (TPSA) is 37.4 Å². The highest BCUT2D eigenvalue weighted by atomic mass is 19.2. The van der Waals surface area contributed by atoms with E-state index in [1.807, 2.05) is 6.92 Å². The van der Waals surface area contributed by atoms with E-state index in [9.17, 15) is 27.2 Å². The molecule has 0 aromatic heterocycles. The van der Waals surface area contributed by atoms with Gasteiger partial charge in [0.2, 0.25) is 0 Å². The molecule has 7 heteroatoms. The lowest BCUT2D eigenvalue weighted by Crippen LogP contribution is -2.61. The molecule has 3 aliphatic carbocycles. The van der Waals surface area contributed by atoms with Gasteiger partial charge in [0.05, 0.1) is 11.1 Å². The second-order valence-electron chi connectivity index (χ2n) is 8.01. The summed E-state index contributed by atoms with van der Waals surface area (Å²) in [6.07, 6.45) is 1.52. The Labute approximate surface area is 142 Å². The number of halogens is 4. The third kappa shape index (κ3) is 1.81. The van der Waals surface area contributed by atoms with E-state index in [1.54, 1.807) is 0 Å². The fourth-order valence-corrected chi connectivity index (χ4v) is 5.13. The third-order valence-electron chi connectivity index (χ3n) is 6.78. The Morgan fingerprint density at radius 1 is 0.880 bits per heavy atom. The Kier molecular flexibility index (Phi) is 3.19. The molecule has 1 heterocycles. The van der Waals surface area contributed by atoms with Gasteiger partial charge in [-0.15, -0.1) is 0 Å². The van der Waals surface area contributed by atoms with Crippen molar-refractivity contribution in [3.63, 3.8) is 0 Å². The molecular weight excluding hydrogens is 338 g/mol. The number of benzene rings is 1. The summed E-state index contributed by atoms with van der Waals surface area (Å²) in [4.78, 5) is 26.0. The largest absolute Gasteiger partial charge is 0.271 e. The van der Waals surface area contributed by atoms with Gasteiger partial charge in [-0.3, -0.25) is 14.5 Å². The van der Waals surface area contributed by atoms with Crippen LogP contribution in [-0.2, 0) is 0 Å². The minimum absolute atomic E-state index is 0.0528. The lowest BCUT2D eigenvalue weighted by Gasteiger charge is -2.62. The highest BCUT2D eigenvalue weighted by molar-refractivity contribution is 6.21. The summed E-state index contributed by atoms with van der Waals surface area (Å²) in [5.41, 5.74) is -1.90. The second-order valence-corrected chi connectivity index (χ2v) is 8.01. The maximum absolute atomic E-state index is 14.0. The zero-order valence-electron chi connectivity index (χ0n) is 14.0. The Hall–Kier alpha value is -1.92. The van der Waals surface area contributed by atoms with Crippen molar-refractivity contribution in [2.24, 2.45) is 23.2 Å². The molecule has 0 radical (unpaired) electrons. The number of imide groups is 1. The molecule has 0 saturated heterocycles. The average molecular weight is 355 g/mol. The van der Waals surface area contributed by atoms with Gasteiger partial charge in [-0.05, 0) is 36.0 Å². The van der Waals surface area contributed by atoms with Crippen molar-refractivity contribution in [1.82, 2.24) is 4.90 Å². The van der Waals surface area contributed by atoms with Crippen LogP contribution in [0.2, 0.25) is 0 Å². The first-order valence-electron chi connectivity index (χ1n) is 8.32. The normalized spacial score (nSPS) is 32.7. The highest BCUT2D eigenvalue weighted by Crippen LogP contribution is 2.62. The van der Waals surface area contributed by atoms with Crippen molar-refractivity contribution in [3.05, 3.63) is 34.4 Å². The van der Waals surface area contributed by atoms with Crippen LogP contribution in [0.4, 0.5) is 17.6 Å². The van der Waals surface area contributed by atoms with E-state index in [1.165, 1.54) is 0 Å². The highest BCUT2D eigenvalue weighted by Gasteiger charge is 2.60. The first-order valence-corrected chi connectivity index (χ1v) is 8.32. The molecule has 2 bridgehead atoms. The molecule has 5 rings (SSSR count). The molecule has 2 amide bonds. The quantitative estimate of drug-likeness (QED) is 0.332. The lowest BCUT2D eigenvalue weighted by molar-refractivity contribution is -0.127. The molecule has 25 heavy (non-hydrogen) atoms. The van der Waals surface area contributed by atoms with Crippen molar-refractivity contribution >= 4 is 11.8 Å². The van der Waals surface area contributed by atoms with Gasteiger partial charge in [0.15, 0.2) is 23.3 Å². The van der Waals surface area contributed by atoms with Crippen LogP contribution in [-0.4, -0.2) is 22.8 Å². The standard InChI is InChI=1S/C18H17F4NO2/c1-6-8-4-7(18(8,2)3)5-9(6)23-16(24)10-11(17(23)25)13(20)15(22)14(21)12(10)19/h6-9H,4-5H2,1-3H3/t6-,7+,8-,9-/m1/s1. The van der Waals surface area contributed by atoms with Crippen LogP contribution in [0.25, 0.3) is 0 Å². The van der Waals surface area contributed by atoms with Crippen LogP contribution in [0.5, 0.6) is 0 Å². The van der Waals surface area contributed by atoms with Gasteiger partial charge in [0.25, 0.3) is 11.8 Å². The minimum Gasteiger partial charge on any atom is -0.271 e. The molecule has 1 aromatic rings. The van der Waals surface area contributed by atoms with Gasteiger partial charge in [0.1, 0.15) is 0 Å². The van der Waals surface area contributed by atoms with Gasteiger partial charge in [-0.25, -0.2) is 17.6 Å². The molecule has 3 saturated carbocycles. The summed E-state index contributed by atoms with van der Waals surface area (Å²) in [5, 5.41) is 0. The number of carbonyl (C=O) groups excluding carboxylic acids is 2. The number of hydrogen-bond acceptors (Lipinski definition) is 2. The van der Waals surface area contributed by atoms with Crippen LogP contribution in [0, 0.1) is 46.4 Å². The molecular formula is C18H17F4NO2. The maximum Gasteiger partial charge on any atom is 0.265 e. The molecule has 134 valence electrons. The van der Waals surface area contributed by atoms with Gasteiger partial charge in [0, 0.05) is 6.04 Å². The summed E-state index contributed by atoms with van der Waals surface area (Å²) in [6.45, 7) is 6.17. The molecule has 1 aliphatic heterocycles. The summed E-state index contributed by atoms with van der Waals surface area (Å²) >= 11 is 0. The van der Waals surface area contributed by atoms with E-state index in [4.69, 9.17) is 0 Å². The van der Waals surface area contributed by atoms with E-state index in [2.05, 4.69) is 13.8 Å². The smallest absolute Gasteiger partial charge is 0.265 e. The lowest BCUT2D eigenvalue weighted by atomic mass is 9.44. The van der Waals surface area contributed by atoms with Crippen LogP contribution in [0.3, 0.4) is 0 Å². The fourth-order valence-electron chi connectivity index (χ4n) is 5.13. The Bertz CT molecular complexity index is 788. The summed E-state index contributed by atoms with van der Waals surface area (Å²) in [7, 11) is 0. The molecule has 4 aliphatic rings. The number of hydrogen-bond donors (Lipinski definition) is 0. The number of fused-ring (bicyclic) bond motifs is 3. The zero-order valence-corrected chi connectivity index (χ0v) is 14.0. The van der Waals surface area contributed by atoms with E-state index >= 15 is 0 Å². The predicted molar refractivity (Wildman–Crippen MR) is 79.7 cm³/mol. The van der Waals surface area contributed by atoms with Crippen LogP contribution < -0.4 is 0 Å². The number of rotatable bonds is 1. The number of amides is 2. The maximum atomic E-state index is 14.0. The van der Waals surface area contributed by atoms with E-state index in [-0.39, 0.29) is 17.3 Å². The molecule has 0 N–H and O–H groups in total. The summed E-state index contributed by atoms with van der Waals surface area (Å²) in [5.74, 6) is -9.37. The van der Waals surface area contributed by atoms with Crippen molar-refractivity contribution in [1.29, 1.82) is 0 Å².